The van der Waals surface area contributed by atoms with Gasteiger partial charge >= 0.3 is 0 Å². The van der Waals surface area contributed by atoms with Gasteiger partial charge in [0.2, 0.25) is 5.91 Å². The zero-order valence-corrected chi connectivity index (χ0v) is 14.3. The SMILES string of the molecule is CN(C)CCN1CCN(C(=O)CSC2CCNCC2)CC1. The van der Waals surface area contributed by atoms with E-state index in [0.29, 0.717) is 16.9 Å². The van der Waals surface area contributed by atoms with Gasteiger partial charge < -0.3 is 15.1 Å². The zero-order valence-electron chi connectivity index (χ0n) is 13.5. The van der Waals surface area contributed by atoms with Crippen LogP contribution in [0.15, 0.2) is 0 Å². The molecule has 1 N–H and O–H groups in total. The van der Waals surface area contributed by atoms with Gasteiger partial charge in [0.1, 0.15) is 0 Å². The van der Waals surface area contributed by atoms with Gasteiger partial charge in [-0.2, -0.15) is 0 Å². The van der Waals surface area contributed by atoms with Crippen molar-refractivity contribution in [2.24, 2.45) is 0 Å². The Hall–Kier alpha value is -0.300. The van der Waals surface area contributed by atoms with E-state index in [1.165, 1.54) is 12.8 Å². The molecule has 2 rings (SSSR count). The lowest BCUT2D eigenvalue weighted by atomic mass is 10.2. The lowest BCUT2D eigenvalue weighted by molar-refractivity contribution is -0.130. The van der Waals surface area contributed by atoms with Crippen molar-refractivity contribution in [2.45, 2.75) is 18.1 Å². The first-order chi connectivity index (χ1) is 10.1. The molecule has 5 nitrogen and oxygen atoms in total. The maximum Gasteiger partial charge on any atom is 0.232 e. The monoisotopic (exact) mass is 314 g/mol. The summed E-state index contributed by atoms with van der Waals surface area (Å²) in [6.45, 7) is 8.28. The second-order valence-electron chi connectivity index (χ2n) is 6.29. The average Bonchev–Trinajstić information content (AvgIpc) is 2.52. The lowest BCUT2D eigenvalue weighted by Crippen LogP contribution is -2.50. The first-order valence-electron chi connectivity index (χ1n) is 8.12. The molecule has 0 aromatic heterocycles. The number of rotatable bonds is 6. The third-order valence-electron chi connectivity index (χ3n) is 4.32. The number of piperazine rings is 1. The first kappa shape index (κ1) is 17.1. The van der Waals surface area contributed by atoms with Crippen molar-refractivity contribution < 1.29 is 4.79 Å². The summed E-state index contributed by atoms with van der Waals surface area (Å²) in [5.41, 5.74) is 0. The van der Waals surface area contributed by atoms with E-state index < -0.39 is 0 Å². The van der Waals surface area contributed by atoms with Crippen molar-refractivity contribution in [3.05, 3.63) is 0 Å². The molecule has 0 unspecified atom stereocenters. The van der Waals surface area contributed by atoms with Crippen LogP contribution in [-0.2, 0) is 4.79 Å². The van der Waals surface area contributed by atoms with Crippen LogP contribution in [0.25, 0.3) is 0 Å². The topological polar surface area (TPSA) is 38.8 Å². The average molecular weight is 314 g/mol. The molecule has 0 spiro atoms. The minimum absolute atomic E-state index is 0.339. The quantitative estimate of drug-likeness (QED) is 0.757. The van der Waals surface area contributed by atoms with E-state index in [2.05, 4.69) is 34.1 Å². The summed E-state index contributed by atoms with van der Waals surface area (Å²) in [7, 11) is 4.22. The van der Waals surface area contributed by atoms with Crippen LogP contribution in [0.3, 0.4) is 0 Å². The molecule has 0 aromatic carbocycles. The van der Waals surface area contributed by atoms with E-state index in [-0.39, 0.29) is 0 Å². The number of amides is 1. The highest BCUT2D eigenvalue weighted by atomic mass is 32.2. The minimum atomic E-state index is 0.339. The fraction of sp³-hybridized carbons (Fsp3) is 0.933. The second kappa shape index (κ2) is 8.98. The van der Waals surface area contributed by atoms with E-state index in [1.54, 1.807) is 0 Å². The van der Waals surface area contributed by atoms with Crippen molar-refractivity contribution in [3.8, 4) is 0 Å². The summed E-state index contributed by atoms with van der Waals surface area (Å²) in [5.74, 6) is 1.01. The number of nitrogens with zero attached hydrogens (tertiary/aromatic N) is 3. The Labute approximate surface area is 133 Å². The number of hydrogen-bond acceptors (Lipinski definition) is 5. The molecule has 2 heterocycles. The first-order valence-corrected chi connectivity index (χ1v) is 9.17. The largest absolute Gasteiger partial charge is 0.339 e. The van der Waals surface area contributed by atoms with Crippen LogP contribution in [-0.4, -0.2) is 98.1 Å². The number of thioether (sulfide) groups is 1. The summed E-state index contributed by atoms with van der Waals surface area (Å²) in [6, 6.07) is 0. The van der Waals surface area contributed by atoms with E-state index in [0.717, 1.165) is 52.4 Å². The number of nitrogens with one attached hydrogen (secondary N) is 1. The molecule has 0 bridgehead atoms. The molecule has 2 aliphatic rings. The van der Waals surface area contributed by atoms with E-state index in [1.807, 2.05) is 11.8 Å². The Morgan fingerprint density at radius 3 is 2.48 bits per heavy atom. The molecule has 21 heavy (non-hydrogen) atoms. The van der Waals surface area contributed by atoms with Gasteiger partial charge in [-0.05, 0) is 40.0 Å². The van der Waals surface area contributed by atoms with Gasteiger partial charge in [0.05, 0.1) is 5.75 Å². The maximum absolute atomic E-state index is 12.3. The molecule has 0 radical (unpaired) electrons. The molecule has 1 amide bonds. The zero-order chi connectivity index (χ0) is 15.1. The van der Waals surface area contributed by atoms with Gasteiger partial charge in [-0.15, -0.1) is 11.8 Å². The third kappa shape index (κ3) is 6.14. The molecule has 2 saturated heterocycles. The van der Waals surface area contributed by atoms with Crippen molar-refractivity contribution in [3.63, 3.8) is 0 Å². The standard InChI is InChI=1S/C15H30N4OS/c1-17(2)7-8-18-9-11-19(12-10-18)15(20)13-21-14-3-5-16-6-4-14/h14,16H,3-13H2,1-2H3. The van der Waals surface area contributed by atoms with Crippen LogP contribution in [0.5, 0.6) is 0 Å². The number of piperidine rings is 1. The Balaban J connectivity index is 1.61. The molecule has 6 heteroatoms. The summed E-state index contributed by atoms with van der Waals surface area (Å²) in [5, 5.41) is 4.05. The number of likely N-dealkylation sites (N-methyl/N-ethyl adjacent to an activating group) is 1. The van der Waals surface area contributed by atoms with Crippen molar-refractivity contribution >= 4 is 17.7 Å². The predicted molar refractivity (Wildman–Crippen MR) is 89.9 cm³/mol. The Morgan fingerprint density at radius 2 is 1.86 bits per heavy atom. The van der Waals surface area contributed by atoms with Gasteiger partial charge in [-0.1, -0.05) is 0 Å². The van der Waals surface area contributed by atoms with E-state index in [4.69, 9.17) is 0 Å². The smallest absolute Gasteiger partial charge is 0.232 e. The highest BCUT2D eigenvalue weighted by Crippen LogP contribution is 2.20. The fourth-order valence-corrected chi connectivity index (χ4v) is 3.93. The summed E-state index contributed by atoms with van der Waals surface area (Å²) < 4.78 is 0. The Bertz CT molecular complexity index is 313. The van der Waals surface area contributed by atoms with Gasteiger partial charge in [-0.25, -0.2) is 0 Å². The summed E-state index contributed by atoms with van der Waals surface area (Å²) in [6.07, 6.45) is 2.41. The predicted octanol–water partition coefficient (Wildman–Crippen LogP) is 0.177. The van der Waals surface area contributed by atoms with Crippen molar-refractivity contribution in [1.29, 1.82) is 0 Å². The second-order valence-corrected chi connectivity index (χ2v) is 7.57. The molecular weight excluding hydrogens is 284 g/mol. The fourth-order valence-electron chi connectivity index (χ4n) is 2.80. The Kier molecular flexibility index (Phi) is 7.29. The van der Waals surface area contributed by atoms with Crippen LogP contribution in [0.4, 0.5) is 0 Å². The molecule has 0 aliphatic carbocycles. The summed E-state index contributed by atoms with van der Waals surface area (Å²) >= 11 is 1.86. The van der Waals surface area contributed by atoms with Crippen LogP contribution in [0.1, 0.15) is 12.8 Å². The number of carbonyl (C=O) groups is 1. The number of hydrogen-bond donors (Lipinski definition) is 1. The molecule has 2 aliphatic heterocycles. The van der Waals surface area contributed by atoms with Gasteiger partial charge in [0.25, 0.3) is 0 Å². The molecular formula is C15H30N4OS. The highest BCUT2D eigenvalue weighted by Gasteiger charge is 2.22. The molecule has 122 valence electrons. The van der Waals surface area contributed by atoms with Crippen molar-refractivity contribution in [2.75, 3.05) is 72.2 Å². The van der Waals surface area contributed by atoms with Gasteiger partial charge in [0.15, 0.2) is 0 Å². The van der Waals surface area contributed by atoms with Crippen molar-refractivity contribution in [1.82, 2.24) is 20.0 Å². The lowest BCUT2D eigenvalue weighted by Gasteiger charge is -2.35. The maximum atomic E-state index is 12.3. The third-order valence-corrected chi connectivity index (χ3v) is 5.67. The van der Waals surface area contributed by atoms with Gasteiger partial charge in [0, 0.05) is 44.5 Å². The van der Waals surface area contributed by atoms with E-state index in [9.17, 15) is 4.79 Å². The van der Waals surface area contributed by atoms with Crippen LogP contribution >= 0.6 is 11.8 Å². The Morgan fingerprint density at radius 1 is 1.19 bits per heavy atom. The van der Waals surface area contributed by atoms with Crippen LogP contribution in [0, 0.1) is 0 Å². The highest BCUT2D eigenvalue weighted by molar-refractivity contribution is 8.00. The van der Waals surface area contributed by atoms with Crippen LogP contribution < -0.4 is 5.32 Å². The molecule has 0 atom stereocenters. The molecule has 0 saturated carbocycles. The van der Waals surface area contributed by atoms with Gasteiger partial charge in [-0.3, -0.25) is 9.69 Å². The molecule has 0 aromatic rings. The van der Waals surface area contributed by atoms with Crippen LogP contribution in [0.2, 0.25) is 0 Å². The van der Waals surface area contributed by atoms with E-state index >= 15 is 0 Å². The molecule has 2 fully saturated rings. The normalized spacial score (nSPS) is 22.0. The summed E-state index contributed by atoms with van der Waals surface area (Å²) in [4.78, 5) is 19.0. The minimum Gasteiger partial charge on any atom is -0.339 e. The number of carbonyl (C=O) groups excluding carboxylic acids is 1.